The molecule has 0 spiro atoms. The summed E-state index contributed by atoms with van der Waals surface area (Å²) in [6.45, 7) is 4.76. The van der Waals surface area contributed by atoms with E-state index in [1.165, 1.54) is 25.5 Å². The van der Waals surface area contributed by atoms with Crippen molar-refractivity contribution in [2.75, 3.05) is 26.2 Å². The number of benzene rings is 1. The van der Waals surface area contributed by atoms with Gasteiger partial charge in [0.15, 0.2) is 0 Å². The summed E-state index contributed by atoms with van der Waals surface area (Å²) in [5.74, 6) is -0.814. The predicted molar refractivity (Wildman–Crippen MR) is 105 cm³/mol. The van der Waals surface area contributed by atoms with Gasteiger partial charge in [-0.05, 0) is 45.0 Å². The topological polar surface area (TPSA) is 94.3 Å². The molecule has 1 aromatic carbocycles. The number of hydrogen-bond donors (Lipinski definition) is 3. The Balaban J connectivity index is 1.52. The van der Waals surface area contributed by atoms with Crippen molar-refractivity contribution in [3.63, 3.8) is 0 Å². The zero-order valence-electron chi connectivity index (χ0n) is 15.6. The van der Waals surface area contributed by atoms with Crippen LogP contribution in [0.2, 0.25) is 0 Å². The number of para-hydroxylation sites is 1. The van der Waals surface area contributed by atoms with Gasteiger partial charge in [0.1, 0.15) is 5.56 Å². The number of likely N-dealkylation sites (tertiary alicyclic amines) is 1. The third-order valence-corrected chi connectivity index (χ3v) is 4.83. The molecule has 1 fully saturated rings. The Hall–Kier alpha value is -2.67. The van der Waals surface area contributed by atoms with Crippen molar-refractivity contribution < 1.29 is 9.59 Å². The number of pyridine rings is 1. The fourth-order valence-electron chi connectivity index (χ4n) is 3.49. The summed E-state index contributed by atoms with van der Waals surface area (Å²) in [7, 11) is 0. The molecule has 27 heavy (non-hydrogen) atoms. The molecule has 1 aliphatic heterocycles. The number of aromatic amines is 1. The first kappa shape index (κ1) is 19.1. The van der Waals surface area contributed by atoms with Crippen molar-refractivity contribution in [1.82, 2.24) is 20.5 Å². The van der Waals surface area contributed by atoms with E-state index in [1.54, 1.807) is 18.2 Å². The highest BCUT2D eigenvalue weighted by atomic mass is 16.2. The van der Waals surface area contributed by atoms with Crippen molar-refractivity contribution in [1.29, 1.82) is 0 Å². The molecule has 3 N–H and O–H groups in total. The van der Waals surface area contributed by atoms with Crippen LogP contribution >= 0.6 is 0 Å². The Morgan fingerprint density at radius 3 is 2.70 bits per heavy atom. The first-order valence-electron chi connectivity index (χ1n) is 9.45. The van der Waals surface area contributed by atoms with Gasteiger partial charge in [0.05, 0.1) is 6.54 Å². The summed E-state index contributed by atoms with van der Waals surface area (Å²) in [6.07, 6.45) is 5.07. The van der Waals surface area contributed by atoms with E-state index in [1.807, 2.05) is 13.0 Å². The van der Waals surface area contributed by atoms with Crippen LogP contribution in [0, 0.1) is 0 Å². The van der Waals surface area contributed by atoms with E-state index in [0.717, 1.165) is 19.6 Å². The molecule has 2 amide bonds. The maximum Gasteiger partial charge on any atom is 0.257 e. The van der Waals surface area contributed by atoms with Gasteiger partial charge in [0.2, 0.25) is 11.3 Å². The number of hydrogen-bond acceptors (Lipinski definition) is 4. The second-order valence-electron chi connectivity index (χ2n) is 7.09. The molecule has 7 nitrogen and oxygen atoms in total. The number of carbonyl (C=O) groups excluding carboxylic acids is 2. The Labute approximate surface area is 158 Å². The van der Waals surface area contributed by atoms with Gasteiger partial charge in [0.25, 0.3) is 5.91 Å². The Morgan fingerprint density at radius 1 is 1.19 bits per heavy atom. The number of rotatable bonds is 6. The standard InChI is InChI=1S/C20H26N4O3/c1-14(13-24-9-5-2-6-10-24)23-18(25)12-22-20(27)16-11-21-17-8-4-3-7-15(17)19(16)26/h3-4,7-8,11,14H,2,5-6,9-10,12-13H2,1H3,(H,21,26)(H,22,27)(H,23,25). The number of carbonyl (C=O) groups is 2. The van der Waals surface area contributed by atoms with Crippen molar-refractivity contribution in [2.24, 2.45) is 0 Å². The van der Waals surface area contributed by atoms with Crippen molar-refractivity contribution in [3.8, 4) is 0 Å². The van der Waals surface area contributed by atoms with E-state index in [-0.39, 0.29) is 29.5 Å². The minimum Gasteiger partial charge on any atom is -0.360 e. The van der Waals surface area contributed by atoms with Crippen LogP contribution in [0.25, 0.3) is 10.9 Å². The van der Waals surface area contributed by atoms with E-state index in [2.05, 4.69) is 20.5 Å². The SMILES string of the molecule is CC(CN1CCCCC1)NC(=O)CNC(=O)c1c[nH]c2ccccc2c1=O. The van der Waals surface area contributed by atoms with Gasteiger partial charge in [-0.3, -0.25) is 14.4 Å². The molecule has 1 atom stereocenters. The van der Waals surface area contributed by atoms with Crippen LogP contribution in [0.4, 0.5) is 0 Å². The number of nitrogens with one attached hydrogen (secondary N) is 3. The Morgan fingerprint density at radius 2 is 1.93 bits per heavy atom. The lowest BCUT2D eigenvalue weighted by atomic mass is 10.1. The number of nitrogens with zero attached hydrogens (tertiary/aromatic N) is 1. The molecule has 2 aromatic rings. The molecule has 2 heterocycles. The average molecular weight is 370 g/mol. The summed E-state index contributed by atoms with van der Waals surface area (Å²) in [5, 5.41) is 5.87. The van der Waals surface area contributed by atoms with E-state index in [4.69, 9.17) is 0 Å². The third kappa shape index (κ3) is 4.95. The van der Waals surface area contributed by atoms with E-state index in [9.17, 15) is 14.4 Å². The van der Waals surface area contributed by atoms with Gasteiger partial charge in [0, 0.05) is 29.7 Å². The van der Waals surface area contributed by atoms with Crippen LogP contribution < -0.4 is 16.1 Å². The monoisotopic (exact) mass is 370 g/mol. The van der Waals surface area contributed by atoms with Gasteiger partial charge in [-0.15, -0.1) is 0 Å². The zero-order valence-corrected chi connectivity index (χ0v) is 15.6. The minimum absolute atomic E-state index is 0.00265. The third-order valence-electron chi connectivity index (χ3n) is 4.83. The van der Waals surface area contributed by atoms with Crippen LogP contribution in [-0.2, 0) is 4.79 Å². The van der Waals surface area contributed by atoms with E-state index in [0.29, 0.717) is 10.9 Å². The van der Waals surface area contributed by atoms with E-state index < -0.39 is 5.91 Å². The molecule has 0 saturated carbocycles. The van der Waals surface area contributed by atoms with Crippen LogP contribution in [0.3, 0.4) is 0 Å². The van der Waals surface area contributed by atoms with Gasteiger partial charge in [-0.1, -0.05) is 18.6 Å². The van der Waals surface area contributed by atoms with Crippen LogP contribution in [0.1, 0.15) is 36.5 Å². The van der Waals surface area contributed by atoms with Crippen LogP contribution in [-0.4, -0.2) is 53.9 Å². The molecule has 1 saturated heterocycles. The number of amides is 2. The average Bonchev–Trinajstić information content (AvgIpc) is 2.67. The van der Waals surface area contributed by atoms with Gasteiger partial charge >= 0.3 is 0 Å². The molecule has 1 unspecified atom stereocenters. The van der Waals surface area contributed by atoms with Crippen LogP contribution in [0.5, 0.6) is 0 Å². The Kier molecular flexibility index (Phi) is 6.24. The maximum atomic E-state index is 12.4. The lowest BCUT2D eigenvalue weighted by molar-refractivity contribution is -0.120. The molecule has 3 rings (SSSR count). The molecule has 144 valence electrons. The summed E-state index contributed by atoms with van der Waals surface area (Å²) in [5.41, 5.74) is 0.326. The number of piperidine rings is 1. The largest absolute Gasteiger partial charge is 0.360 e. The fourth-order valence-corrected chi connectivity index (χ4v) is 3.49. The van der Waals surface area contributed by atoms with Crippen LogP contribution in [0.15, 0.2) is 35.3 Å². The molecule has 1 aromatic heterocycles. The molecule has 0 aliphatic carbocycles. The first-order chi connectivity index (χ1) is 13.0. The summed E-state index contributed by atoms with van der Waals surface area (Å²) < 4.78 is 0. The highest BCUT2D eigenvalue weighted by molar-refractivity contribution is 5.98. The quantitative estimate of drug-likeness (QED) is 0.713. The highest BCUT2D eigenvalue weighted by Gasteiger charge is 2.17. The molecule has 7 heteroatoms. The summed E-state index contributed by atoms with van der Waals surface area (Å²) in [6, 6.07) is 7.01. The highest BCUT2D eigenvalue weighted by Crippen LogP contribution is 2.09. The predicted octanol–water partition coefficient (Wildman–Crippen LogP) is 1.25. The maximum absolute atomic E-state index is 12.4. The summed E-state index contributed by atoms with van der Waals surface area (Å²) >= 11 is 0. The molecule has 0 radical (unpaired) electrons. The molecular formula is C20H26N4O3. The van der Waals surface area contributed by atoms with E-state index >= 15 is 0 Å². The molecular weight excluding hydrogens is 344 g/mol. The van der Waals surface area contributed by atoms with Crippen molar-refractivity contribution >= 4 is 22.7 Å². The van der Waals surface area contributed by atoms with Crippen molar-refractivity contribution in [2.45, 2.75) is 32.2 Å². The molecule has 1 aliphatic rings. The minimum atomic E-state index is -0.555. The number of aromatic nitrogens is 1. The van der Waals surface area contributed by atoms with Gasteiger partial charge in [-0.2, -0.15) is 0 Å². The lowest BCUT2D eigenvalue weighted by Gasteiger charge is -2.29. The molecule has 0 bridgehead atoms. The number of fused-ring (bicyclic) bond motifs is 1. The smallest absolute Gasteiger partial charge is 0.257 e. The normalized spacial score (nSPS) is 16.0. The number of H-pyrrole nitrogens is 1. The second-order valence-corrected chi connectivity index (χ2v) is 7.09. The lowest BCUT2D eigenvalue weighted by Crippen LogP contribution is -2.47. The van der Waals surface area contributed by atoms with Crippen molar-refractivity contribution in [3.05, 3.63) is 46.2 Å². The Bertz CT molecular complexity index is 871. The zero-order chi connectivity index (χ0) is 19.2. The van der Waals surface area contributed by atoms with Gasteiger partial charge in [-0.25, -0.2) is 0 Å². The fraction of sp³-hybridized carbons (Fsp3) is 0.450. The first-order valence-corrected chi connectivity index (χ1v) is 9.45. The van der Waals surface area contributed by atoms with Gasteiger partial charge < -0.3 is 20.5 Å². The summed E-state index contributed by atoms with van der Waals surface area (Å²) in [4.78, 5) is 42.1. The second kappa shape index (κ2) is 8.81.